The van der Waals surface area contributed by atoms with Gasteiger partial charge in [0.1, 0.15) is 0 Å². The molecule has 0 bridgehead atoms. The number of nitrogens with one attached hydrogen (secondary N) is 3. The summed E-state index contributed by atoms with van der Waals surface area (Å²) in [6.45, 7) is 6.86. The predicted octanol–water partition coefficient (Wildman–Crippen LogP) is 3.04. The van der Waals surface area contributed by atoms with Gasteiger partial charge in [-0.2, -0.15) is 0 Å². The average Bonchev–Trinajstić information content (AvgIpc) is 2.96. The van der Waals surface area contributed by atoms with Crippen molar-refractivity contribution < 1.29 is 14.3 Å². The van der Waals surface area contributed by atoms with E-state index < -0.39 is 13.6 Å². The zero-order valence-electron chi connectivity index (χ0n) is 16.2. The van der Waals surface area contributed by atoms with Gasteiger partial charge in [0.15, 0.2) is 0 Å². The van der Waals surface area contributed by atoms with Gasteiger partial charge in [0.2, 0.25) is 5.91 Å². The fourth-order valence-corrected chi connectivity index (χ4v) is 3.88. The number of H-pyrrole nitrogens is 1. The molecule has 27 heavy (non-hydrogen) atoms. The van der Waals surface area contributed by atoms with Crippen LogP contribution in [0.15, 0.2) is 30.5 Å². The van der Waals surface area contributed by atoms with Crippen molar-refractivity contribution >= 4 is 24.3 Å². The predicted molar refractivity (Wildman–Crippen MR) is 110 cm³/mol. The molecule has 0 fully saturated rings. The summed E-state index contributed by atoms with van der Waals surface area (Å²) in [5.41, 5.74) is 2.10. The Bertz CT molecular complexity index is 888. The smallest absolute Gasteiger partial charge is 0.264 e. The number of amides is 1. The third kappa shape index (κ3) is 6.55. The van der Waals surface area contributed by atoms with E-state index in [-0.39, 0.29) is 17.9 Å². The lowest BCUT2D eigenvalue weighted by Crippen LogP contribution is -2.47. The van der Waals surface area contributed by atoms with Crippen LogP contribution in [-0.2, 0) is 15.8 Å². The van der Waals surface area contributed by atoms with E-state index in [2.05, 4.69) is 27.2 Å². The maximum Gasteiger partial charge on any atom is 0.264 e. The van der Waals surface area contributed by atoms with Crippen LogP contribution >= 0.6 is 7.52 Å². The molecule has 1 aromatic heterocycles. The van der Waals surface area contributed by atoms with Crippen LogP contribution < -0.4 is 10.4 Å². The molecule has 0 spiro atoms. The molecule has 0 saturated carbocycles. The van der Waals surface area contributed by atoms with Gasteiger partial charge < -0.3 is 15.2 Å². The summed E-state index contributed by atoms with van der Waals surface area (Å²) in [5, 5.41) is 6.59. The fourth-order valence-electron chi connectivity index (χ4n) is 3.08. The van der Waals surface area contributed by atoms with Crippen LogP contribution in [-0.4, -0.2) is 34.5 Å². The molecule has 3 unspecified atom stereocenters. The molecule has 7 heteroatoms. The minimum absolute atomic E-state index is 0.198. The van der Waals surface area contributed by atoms with Crippen LogP contribution in [0.4, 0.5) is 0 Å². The molecular weight excluding hydrogens is 361 g/mol. The Hall–Kier alpha value is -2.06. The number of rotatable bonds is 8. The highest BCUT2D eigenvalue weighted by Gasteiger charge is 2.26. The SMILES string of the molecule is CC#CC(Cc1c[nH]c2ccccc12)NC(=O)C(CC(C)C)NP(C)(=O)O. The number of hydrogen-bond acceptors (Lipinski definition) is 2. The minimum Gasteiger partial charge on any atom is -0.361 e. The van der Waals surface area contributed by atoms with Gasteiger partial charge in [0, 0.05) is 30.2 Å². The molecule has 1 heterocycles. The van der Waals surface area contributed by atoms with Crippen molar-refractivity contribution in [1.29, 1.82) is 0 Å². The van der Waals surface area contributed by atoms with Gasteiger partial charge in [0.25, 0.3) is 7.52 Å². The molecule has 0 saturated heterocycles. The van der Waals surface area contributed by atoms with E-state index in [0.29, 0.717) is 12.8 Å². The molecule has 1 amide bonds. The van der Waals surface area contributed by atoms with Gasteiger partial charge in [-0.1, -0.05) is 38.0 Å². The lowest BCUT2D eigenvalue weighted by molar-refractivity contribution is -0.123. The van der Waals surface area contributed by atoms with Gasteiger partial charge >= 0.3 is 0 Å². The third-order valence-corrected chi connectivity index (χ3v) is 4.94. The Kier molecular flexibility index (Phi) is 7.26. The number of carbonyl (C=O) groups excluding carboxylic acids is 1. The number of fused-ring (bicyclic) bond motifs is 1. The Balaban J connectivity index is 2.16. The summed E-state index contributed by atoms with van der Waals surface area (Å²) in [5.74, 6) is 5.78. The summed E-state index contributed by atoms with van der Waals surface area (Å²) in [6.07, 6.45) is 2.94. The van der Waals surface area contributed by atoms with Crippen molar-refractivity contribution in [3.05, 3.63) is 36.0 Å². The van der Waals surface area contributed by atoms with Gasteiger partial charge in [-0.25, -0.2) is 5.09 Å². The zero-order valence-corrected chi connectivity index (χ0v) is 17.1. The van der Waals surface area contributed by atoms with Crippen LogP contribution in [0.25, 0.3) is 10.9 Å². The first kappa shape index (κ1) is 21.2. The van der Waals surface area contributed by atoms with Crippen molar-refractivity contribution in [2.75, 3.05) is 6.66 Å². The Morgan fingerprint density at radius 2 is 2.04 bits per heavy atom. The molecule has 0 aliphatic rings. The van der Waals surface area contributed by atoms with Gasteiger partial charge in [0.05, 0.1) is 12.1 Å². The van der Waals surface area contributed by atoms with E-state index in [1.54, 1.807) is 6.92 Å². The quantitative estimate of drug-likeness (QED) is 0.412. The lowest BCUT2D eigenvalue weighted by atomic mass is 10.0. The van der Waals surface area contributed by atoms with Crippen LogP contribution in [0.1, 0.15) is 32.8 Å². The molecule has 1 aromatic carbocycles. The summed E-state index contributed by atoms with van der Waals surface area (Å²) < 4.78 is 11.8. The van der Waals surface area contributed by atoms with Crippen LogP contribution in [0.5, 0.6) is 0 Å². The molecule has 0 aliphatic heterocycles. The third-order valence-electron chi connectivity index (χ3n) is 4.15. The van der Waals surface area contributed by atoms with E-state index in [1.165, 1.54) is 6.66 Å². The largest absolute Gasteiger partial charge is 0.361 e. The first-order valence-electron chi connectivity index (χ1n) is 9.05. The molecule has 0 aliphatic carbocycles. The maximum absolute atomic E-state index is 12.8. The van der Waals surface area contributed by atoms with Crippen molar-refractivity contribution in [3.63, 3.8) is 0 Å². The fraction of sp³-hybridized carbons (Fsp3) is 0.450. The Morgan fingerprint density at radius 3 is 2.67 bits per heavy atom. The minimum atomic E-state index is -3.53. The monoisotopic (exact) mass is 389 g/mol. The molecule has 0 radical (unpaired) electrons. The second-order valence-corrected chi connectivity index (χ2v) is 9.23. The van der Waals surface area contributed by atoms with E-state index in [1.807, 2.05) is 44.3 Å². The molecule has 4 N–H and O–H groups in total. The number of aromatic amines is 1. The Morgan fingerprint density at radius 1 is 1.33 bits per heavy atom. The Labute approximate surface area is 160 Å². The first-order chi connectivity index (χ1) is 12.7. The van der Waals surface area contributed by atoms with Crippen LogP contribution in [0.3, 0.4) is 0 Å². The van der Waals surface area contributed by atoms with Crippen LogP contribution in [0.2, 0.25) is 0 Å². The highest BCUT2D eigenvalue weighted by molar-refractivity contribution is 7.55. The number of carbonyl (C=O) groups is 1. The molecule has 2 rings (SSSR count). The van der Waals surface area contributed by atoms with E-state index >= 15 is 0 Å². The highest BCUT2D eigenvalue weighted by Crippen LogP contribution is 2.31. The average molecular weight is 389 g/mol. The number of para-hydroxylation sites is 1. The van der Waals surface area contributed by atoms with Crippen molar-refractivity contribution in [2.45, 2.75) is 45.7 Å². The second kappa shape index (κ2) is 9.23. The lowest BCUT2D eigenvalue weighted by Gasteiger charge is -2.23. The van der Waals surface area contributed by atoms with Crippen molar-refractivity contribution in [2.24, 2.45) is 5.92 Å². The summed E-state index contributed by atoms with van der Waals surface area (Å²) in [7, 11) is -3.53. The molecule has 146 valence electrons. The highest BCUT2D eigenvalue weighted by atomic mass is 31.2. The number of benzene rings is 1. The van der Waals surface area contributed by atoms with Gasteiger partial charge in [-0.15, -0.1) is 5.92 Å². The van der Waals surface area contributed by atoms with Crippen LogP contribution in [0, 0.1) is 17.8 Å². The molecular formula is C20H28N3O3P. The second-order valence-electron chi connectivity index (χ2n) is 7.21. The summed E-state index contributed by atoms with van der Waals surface area (Å²) in [4.78, 5) is 25.6. The zero-order chi connectivity index (χ0) is 20.0. The normalized spacial score (nSPS) is 15.6. The topological polar surface area (TPSA) is 94.2 Å². The van der Waals surface area contributed by atoms with E-state index in [4.69, 9.17) is 0 Å². The van der Waals surface area contributed by atoms with Gasteiger partial charge in [-0.05, 0) is 30.9 Å². The maximum atomic E-state index is 12.8. The number of aromatic nitrogens is 1. The van der Waals surface area contributed by atoms with Crippen molar-refractivity contribution in [1.82, 2.24) is 15.4 Å². The standard InChI is InChI=1S/C20H28N3O3P/c1-5-8-16(12-15-13-21-18-10-7-6-9-17(15)18)22-20(24)19(11-14(2)3)23-27(4,25)26/h6-7,9-10,13-14,16,19,21H,11-12H2,1-4H3,(H,22,24)(H2,23,25,26). The van der Waals surface area contributed by atoms with Crippen molar-refractivity contribution in [3.8, 4) is 11.8 Å². The number of hydrogen-bond donors (Lipinski definition) is 4. The van der Waals surface area contributed by atoms with Gasteiger partial charge in [-0.3, -0.25) is 9.36 Å². The molecule has 2 aromatic rings. The van der Waals surface area contributed by atoms with E-state index in [0.717, 1.165) is 16.5 Å². The molecule has 3 atom stereocenters. The molecule has 6 nitrogen and oxygen atoms in total. The van der Waals surface area contributed by atoms with E-state index in [9.17, 15) is 14.3 Å². The first-order valence-corrected chi connectivity index (χ1v) is 11.2. The summed E-state index contributed by atoms with van der Waals surface area (Å²) >= 11 is 0. The summed E-state index contributed by atoms with van der Waals surface area (Å²) in [6, 6.07) is 6.85.